The molecule has 0 aliphatic carbocycles. The lowest BCUT2D eigenvalue weighted by Gasteiger charge is -2.09. The normalized spacial score (nSPS) is 10.2. The molecule has 4 nitrogen and oxygen atoms in total. The Hall–Kier alpha value is -2.01. The Bertz CT molecular complexity index is 583. The van der Waals surface area contributed by atoms with E-state index in [9.17, 15) is 9.18 Å². The second-order valence-corrected chi connectivity index (χ2v) is 4.00. The molecule has 2 heterocycles. The van der Waals surface area contributed by atoms with Crippen LogP contribution >= 0.6 is 11.6 Å². The number of nitrogens with zero attached hydrogens (tertiary/aromatic N) is 2. The molecule has 0 aliphatic rings. The Morgan fingerprint density at radius 3 is 2.89 bits per heavy atom. The highest BCUT2D eigenvalue weighted by Crippen LogP contribution is 2.23. The van der Waals surface area contributed by atoms with Crippen molar-refractivity contribution in [1.29, 1.82) is 0 Å². The summed E-state index contributed by atoms with van der Waals surface area (Å²) in [6.45, 7) is 1.78. The minimum absolute atomic E-state index is 0.120. The van der Waals surface area contributed by atoms with Crippen molar-refractivity contribution < 1.29 is 9.18 Å². The monoisotopic (exact) mass is 265 g/mol. The van der Waals surface area contributed by atoms with E-state index in [1.165, 1.54) is 12.4 Å². The number of pyridine rings is 2. The van der Waals surface area contributed by atoms with E-state index in [0.29, 0.717) is 5.69 Å². The predicted molar refractivity (Wildman–Crippen MR) is 66.1 cm³/mol. The van der Waals surface area contributed by atoms with Crippen molar-refractivity contribution in [2.24, 2.45) is 0 Å². The van der Waals surface area contributed by atoms with Gasteiger partial charge in [-0.1, -0.05) is 11.6 Å². The van der Waals surface area contributed by atoms with Gasteiger partial charge in [-0.25, -0.2) is 9.37 Å². The van der Waals surface area contributed by atoms with Crippen LogP contribution in [0.15, 0.2) is 30.7 Å². The molecule has 2 aromatic rings. The summed E-state index contributed by atoms with van der Waals surface area (Å²) in [7, 11) is 0. The van der Waals surface area contributed by atoms with Crippen molar-refractivity contribution in [1.82, 2.24) is 9.97 Å². The molecule has 1 amide bonds. The lowest BCUT2D eigenvalue weighted by molar-refractivity contribution is 0.102. The third-order valence-electron chi connectivity index (χ3n) is 2.32. The van der Waals surface area contributed by atoms with Gasteiger partial charge in [0, 0.05) is 12.4 Å². The molecule has 92 valence electrons. The Morgan fingerprint density at radius 1 is 1.44 bits per heavy atom. The lowest BCUT2D eigenvalue weighted by atomic mass is 10.2. The van der Waals surface area contributed by atoms with Crippen molar-refractivity contribution in [2.45, 2.75) is 6.92 Å². The summed E-state index contributed by atoms with van der Waals surface area (Å²) in [4.78, 5) is 19.3. The fourth-order valence-electron chi connectivity index (χ4n) is 1.40. The summed E-state index contributed by atoms with van der Waals surface area (Å²) in [5.74, 6) is -1.06. The minimum atomic E-state index is -0.573. The first-order valence-electron chi connectivity index (χ1n) is 5.11. The summed E-state index contributed by atoms with van der Waals surface area (Å²) in [6.07, 6.45) is 3.84. The van der Waals surface area contributed by atoms with E-state index in [2.05, 4.69) is 15.3 Å². The molecule has 18 heavy (non-hydrogen) atoms. The average molecular weight is 266 g/mol. The van der Waals surface area contributed by atoms with Crippen molar-refractivity contribution in [3.05, 3.63) is 52.8 Å². The molecule has 0 atom stereocenters. The number of aromatic nitrogens is 2. The molecule has 0 spiro atoms. The van der Waals surface area contributed by atoms with Gasteiger partial charge < -0.3 is 5.32 Å². The van der Waals surface area contributed by atoms with Crippen LogP contribution in [0.1, 0.15) is 15.9 Å². The third kappa shape index (κ3) is 2.62. The maximum absolute atomic E-state index is 12.9. The minimum Gasteiger partial charge on any atom is -0.319 e. The number of anilines is 1. The summed E-state index contributed by atoms with van der Waals surface area (Å²) in [5, 5.41) is 2.77. The molecule has 0 radical (unpaired) electrons. The van der Waals surface area contributed by atoms with E-state index in [1.807, 2.05) is 0 Å². The van der Waals surface area contributed by atoms with Crippen LogP contribution in [0.2, 0.25) is 5.15 Å². The smallest absolute Gasteiger partial charge is 0.257 e. The van der Waals surface area contributed by atoms with Gasteiger partial charge in [-0.05, 0) is 24.6 Å². The maximum Gasteiger partial charge on any atom is 0.257 e. The van der Waals surface area contributed by atoms with Gasteiger partial charge in [0.2, 0.25) is 0 Å². The first-order valence-corrected chi connectivity index (χ1v) is 5.48. The number of halogens is 2. The molecular formula is C12H9ClFN3O. The Balaban J connectivity index is 2.27. The average Bonchev–Trinajstić information content (AvgIpc) is 2.34. The Morgan fingerprint density at radius 2 is 2.22 bits per heavy atom. The largest absolute Gasteiger partial charge is 0.319 e. The number of amides is 1. The van der Waals surface area contributed by atoms with Crippen LogP contribution in [0.25, 0.3) is 0 Å². The van der Waals surface area contributed by atoms with Crippen LogP contribution in [0.5, 0.6) is 0 Å². The van der Waals surface area contributed by atoms with Gasteiger partial charge >= 0.3 is 0 Å². The summed E-state index contributed by atoms with van der Waals surface area (Å²) in [5.41, 5.74) is 1.30. The van der Waals surface area contributed by atoms with E-state index in [1.54, 1.807) is 13.0 Å². The molecule has 0 bridgehead atoms. The predicted octanol–water partition coefficient (Wildman–Crippen LogP) is 2.83. The quantitative estimate of drug-likeness (QED) is 0.850. The van der Waals surface area contributed by atoms with Crippen molar-refractivity contribution >= 4 is 23.2 Å². The molecular weight excluding hydrogens is 257 g/mol. The first-order chi connectivity index (χ1) is 8.58. The Kier molecular flexibility index (Phi) is 3.53. The van der Waals surface area contributed by atoms with Crippen LogP contribution in [0.4, 0.5) is 10.1 Å². The third-order valence-corrected chi connectivity index (χ3v) is 2.61. The second-order valence-electron chi connectivity index (χ2n) is 3.64. The lowest BCUT2D eigenvalue weighted by Crippen LogP contribution is -2.14. The number of hydrogen-bond acceptors (Lipinski definition) is 3. The number of carbonyl (C=O) groups is 1. The van der Waals surface area contributed by atoms with Gasteiger partial charge in [0.1, 0.15) is 5.82 Å². The van der Waals surface area contributed by atoms with Crippen LogP contribution in [0.3, 0.4) is 0 Å². The van der Waals surface area contributed by atoms with Crippen LogP contribution in [-0.4, -0.2) is 15.9 Å². The molecule has 0 fully saturated rings. The van der Waals surface area contributed by atoms with Crippen LogP contribution in [0, 0.1) is 12.7 Å². The highest BCUT2D eigenvalue weighted by molar-refractivity contribution is 6.32. The zero-order valence-corrected chi connectivity index (χ0v) is 10.2. The summed E-state index contributed by atoms with van der Waals surface area (Å²) in [6, 6.07) is 2.81. The number of nitrogens with one attached hydrogen (secondary N) is 1. The SMILES string of the molecule is Cc1ccnc(Cl)c1NC(=O)c1cncc(F)c1. The van der Waals surface area contributed by atoms with Gasteiger partial charge in [0.15, 0.2) is 5.15 Å². The van der Waals surface area contributed by atoms with Crippen molar-refractivity contribution in [3.8, 4) is 0 Å². The maximum atomic E-state index is 12.9. The molecule has 1 N–H and O–H groups in total. The molecule has 0 aliphatic heterocycles. The second kappa shape index (κ2) is 5.10. The van der Waals surface area contributed by atoms with Gasteiger partial charge in [0.25, 0.3) is 5.91 Å². The molecule has 0 saturated carbocycles. The number of rotatable bonds is 2. The van der Waals surface area contributed by atoms with E-state index in [4.69, 9.17) is 11.6 Å². The number of carbonyl (C=O) groups excluding carboxylic acids is 1. The van der Waals surface area contributed by atoms with Gasteiger partial charge in [-0.15, -0.1) is 0 Å². The molecule has 2 rings (SSSR count). The van der Waals surface area contributed by atoms with E-state index in [0.717, 1.165) is 17.8 Å². The number of hydrogen-bond donors (Lipinski definition) is 1. The van der Waals surface area contributed by atoms with E-state index >= 15 is 0 Å². The highest BCUT2D eigenvalue weighted by atomic mass is 35.5. The molecule has 0 unspecified atom stereocenters. The van der Waals surface area contributed by atoms with Gasteiger partial charge in [-0.3, -0.25) is 9.78 Å². The van der Waals surface area contributed by atoms with Gasteiger partial charge in [-0.2, -0.15) is 0 Å². The van der Waals surface area contributed by atoms with E-state index < -0.39 is 11.7 Å². The molecule has 0 aromatic carbocycles. The van der Waals surface area contributed by atoms with Crippen LogP contribution < -0.4 is 5.32 Å². The van der Waals surface area contributed by atoms with Crippen molar-refractivity contribution in [2.75, 3.05) is 5.32 Å². The Labute approximate surface area is 108 Å². The standard InChI is InChI=1S/C12H9ClFN3O/c1-7-2-3-16-11(13)10(7)17-12(18)8-4-9(14)6-15-5-8/h2-6H,1H3,(H,17,18). The first kappa shape index (κ1) is 12.4. The number of aryl methyl sites for hydroxylation is 1. The molecule has 0 saturated heterocycles. The zero-order chi connectivity index (χ0) is 13.1. The summed E-state index contributed by atoms with van der Waals surface area (Å²) < 4.78 is 12.9. The molecule has 2 aromatic heterocycles. The molecule has 6 heteroatoms. The van der Waals surface area contributed by atoms with E-state index in [-0.39, 0.29) is 10.7 Å². The topological polar surface area (TPSA) is 54.9 Å². The summed E-state index contributed by atoms with van der Waals surface area (Å²) >= 11 is 5.88. The van der Waals surface area contributed by atoms with Gasteiger partial charge in [0.05, 0.1) is 17.4 Å². The zero-order valence-electron chi connectivity index (χ0n) is 9.45. The highest BCUT2D eigenvalue weighted by Gasteiger charge is 2.12. The fourth-order valence-corrected chi connectivity index (χ4v) is 1.65. The van der Waals surface area contributed by atoms with Crippen molar-refractivity contribution in [3.63, 3.8) is 0 Å². The van der Waals surface area contributed by atoms with Crippen LogP contribution in [-0.2, 0) is 0 Å². The fraction of sp³-hybridized carbons (Fsp3) is 0.0833.